The van der Waals surface area contributed by atoms with Gasteiger partial charge in [0, 0.05) is 12.5 Å². The molecule has 0 aliphatic heterocycles. The van der Waals surface area contributed by atoms with Crippen molar-refractivity contribution in [3.63, 3.8) is 0 Å². The second-order valence-corrected chi connectivity index (χ2v) is 4.07. The van der Waals surface area contributed by atoms with Gasteiger partial charge in [-0.1, -0.05) is 12.1 Å². The van der Waals surface area contributed by atoms with E-state index >= 15 is 0 Å². The van der Waals surface area contributed by atoms with Gasteiger partial charge in [0.2, 0.25) is 0 Å². The number of fused-ring (bicyclic) bond motifs is 1. The van der Waals surface area contributed by atoms with E-state index in [4.69, 9.17) is 5.73 Å². The van der Waals surface area contributed by atoms with Gasteiger partial charge in [0.05, 0.1) is 11.0 Å². The maximum atomic E-state index is 5.70. The zero-order valence-corrected chi connectivity index (χ0v) is 9.03. The van der Waals surface area contributed by atoms with E-state index in [9.17, 15) is 0 Å². The highest BCUT2D eigenvalue weighted by Crippen LogP contribution is 2.11. The Morgan fingerprint density at radius 3 is 2.93 bits per heavy atom. The highest BCUT2D eigenvalue weighted by molar-refractivity contribution is 5.74. The van der Waals surface area contributed by atoms with Gasteiger partial charge in [-0.25, -0.2) is 4.98 Å². The molecule has 1 aromatic carbocycles. The minimum atomic E-state index is 0.286. The Balaban J connectivity index is 2.03. The molecule has 2 rings (SSSR count). The van der Waals surface area contributed by atoms with Crippen molar-refractivity contribution < 1.29 is 0 Å². The van der Waals surface area contributed by atoms with E-state index in [-0.39, 0.29) is 6.04 Å². The molecule has 1 atom stereocenters. The Labute approximate surface area is 89.7 Å². The third-order valence-corrected chi connectivity index (χ3v) is 2.51. The van der Waals surface area contributed by atoms with Crippen LogP contribution < -0.4 is 5.73 Å². The van der Waals surface area contributed by atoms with Gasteiger partial charge in [0.1, 0.15) is 5.82 Å². The number of hydrogen-bond donors (Lipinski definition) is 2. The van der Waals surface area contributed by atoms with Crippen LogP contribution in [0.3, 0.4) is 0 Å². The summed E-state index contributed by atoms with van der Waals surface area (Å²) in [5.74, 6) is 1.07. The molecule has 0 aliphatic carbocycles. The Morgan fingerprint density at radius 2 is 2.20 bits per heavy atom. The molecule has 0 unspecified atom stereocenters. The van der Waals surface area contributed by atoms with Crippen LogP contribution in [-0.4, -0.2) is 16.0 Å². The summed E-state index contributed by atoms with van der Waals surface area (Å²) in [6.07, 6.45) is 3.13. The summed E-state index contributed by atoms with van der Waals surface area (Å²) in [5, 5.41) is 0. The normalized spacial score (nSPS) is 13.2. The van der Waals surface area contributed by atoms with Crippen LogP contribution >= 0.6 is 0 Å². The average Bonchev–Trinajstić information content (AvgIpc) is 2.59. The molecule has 1 heterocycles. The number of nitrogens with zero attached hydrogens (tertiary/aromatic N) is 1. The fourth-order valence-electron chi connectivity index (χ4n) is 1.72. The lowest BCUT2D eigenvalue weighted by molar-refractivity contribution is 0.616. The Hall–Kier alpha value is -1.35. The summed E-state index contributed by atoms with van der Waals surface area (Å²) in [4.78, 5) is 7.83. The van der Waals surface area contributed by atoms with Crippen LogP contribution in [0, 0.1) is 0 Å². The Kier molecular flexibility index (Phi) is 3.02. The average molecular weight is 203 g/mol. The van der Waals surface area contributed by atoms with Gasteiger partial charge in [-0.05, 0) is 31.9 Å². The van der Waals surface area contributed by atoms with Crippen molar-refractivity contribution >= 4 is 11.0 Å². The standard InChI is InChI=1S/C12H17N3/c1-9(13)5-4-8-12-14-10-6-2-3-7-11(10)15-12/h2-3,6-7,9H,4-5,8,13H2,1H3,(H,14,15)/t9-/m1/s1. The highest BCUT2D eigenvalue weighted by Gasteiger charge is 2.02. The van der Waals surface area contributed by atoms with Gasteiger partial charge in [0.15, 0.2) is 0 Å². The van der Waals surface area contributed by atoms with Crippen LogP contribution in [0.1, 0.15) is 25.6 Å². The molecule has 0 bridgehead atoms. The molecule has 2 aromatic rings. The Morgan fingerprint density at radius 1 is 1.40 bits per heavy atom. The van der Waals surface area contributed by atoms with Crippen LogP contribution in [0.2, 0.25) is 0 Å². The molecule has 80 valence electrons. The maximum Gasteiger partial charge on any atom is 0.107 e. The molecule has 3 N–H and O–H groups in total. The van der Waals surface area contributed by atoms with Crippen LogP contribution in [0.15, 0.2) is 24.3 Å². The van der Waals surface area contributed by atoms with E-state index in [1.54, 1.807) is 0 Å². The lowest BCUT2D eigenvalue weighted by Gasteiger charge is -2.01. The van der Waals surface area contributed by atoms with Crippen LogP contribution in [-0.2, 0) is 6.42 Å². The minimum Gasteiger partial charge on any atom is -0.342 e. The zero-order chi connectivity index (χ0) is 10.7. The van der Waals surface area contributed by atoms with Gasteiger partial charge < -0.3 is 10.7 Å². The van der Waals surface area contributed by atoms with E-state index in [1.165, 1.54) is 0 Å². The zero-order valence-electron chi connectivity index (χ0n) is 9.03. The van der Waals surface area contributed by atoms with Gasteiger partial charge >= 0.3 is 0 Å². The first-order chi connectivity index (χ1) is 7.25. The van der Waals surface area contributed by atoms with Crippen molar-refractivity contribution in [2.75, 3.05) is 0 Å². The van der Waals surface area contributed by atoms with Crippen molar-refractivity contribution in [3.8, 4) is 0 Å². The second-order valence-electron chi connectivity index (χ2n) is 4.07. The van der Waals surface area contributed by atoms with Gasteiger partial charge in [0.25, 0.3) is 0 Å². The van der Waals surface area contributed by atoms with E-state index in [2.05, 4.69) is 16.0 Å². The number of nitrogens with one attached hydrogen (secondary N) is 1. The molecule has 0 aliphatic rings. The van der Waals surface area contributed by atoms with Crippen molar-refractivity contribution in [2.24, 2.45) is 5.73 Å². The van der Waals surface area contributed by atoms with Gasteiger partial charge in [-0.2, -0.15) is 0 Å². The summed E-state index contributed by atoms with van der Waals surface area (Å²) in [5.41, 5.74) is 7.87. The van der Waals surface area contributed by atoms with Crippen molar-refractivity contribution in [1.29, 1.82) is 0 Å². The van der Waals surface area contributed by atoms with Crippen molar-refractivity contribution in [1.82, 2.24) is 9.97 Å². The van der Waals surface area contributed by atoms with Crippen LogP contribution in [0.25, 0.3) is 11.0 Å². The monoisotopic (exact) mass is 203 g/mol. The van der Waals surface area contributed by atoms with Crippen molar-refractivity contribution in [3.05, 3.63) is 30.1 Å². The van der Waals surface area contributed by atoms with E-state index < -0.39 is 0 Å². The number of imidazole rings is 1. The summed E-state index contributed by atoms with van der Waals surface area (Å²) < 4.78 is 0. The number of H-pyrrole nitrogens is 1. The molecule has 3 nitrogen and oxygen atoms in total. The second kappa shape index (κ2) is 4.45. The molecule has 15 heavy (non-hydrogen) atoms. The lowest BCUT2D eigenvalue weighted by atomic mass is 10.1. The summed E-state index contributed by atoms with van der Waals surface area (Å²) in [6, 6.07) is 8.40. The molecule has 3 heteroatoms. The van der Waals surface area contributed by atoms with E-state index in [1.807, 2.05) is 25.1 Å². The van der Waals surface area contributed by atoms with E-state index in [0.29, 0.717) is 0 Å². The smallest absolute Gasteiger partial charge is 0.107 e. The minimum absolute atomic E-state index is 0.286. The topological polar surface area (TPSA) is 54.7 Å². The summed E-state index contributed by atoms with van der Waals surface area (Å²) in [7, 11) is 0. The molecular weight excluding hydrogens is 186 g/mol. The van der Waals surface area contributed by atoms with Gasteiger partial charge in [-0.3, -0.25) is 0 Å². The highest BCUT2D eigenvalue weighted by atomic mass is 14.9. The molecule has 0 saturated heterocycles. The first-order valence-electron chi connectivity index (χ1n) is 5.45. The first-order valence-corrected chi connectivity index (χ1v) is 5.45. The number of aryl methyl sites for hydroxylation is 1. The SMILES string of the molecule is C[C@@H](N)CCCc1nc2ccccc2[nH]1. The molecule has 0 amide bonds. The molecule has 0 saturated carbocycles. The third-order valence-electron chi connectivity index (χ3n) is 2.51. The fourth-order valence-corrected chi connectivity index (χ4v) is 1.72. The summed E-state index contributed by atoms with van der Waals surface area (Å²) >= 11 is 0. The molecule has 1 aromatic heterocycles. The van der Waals surface area contributed by atoms with E-state index in [0.717, 1.165) is 36.1 Å². The van der Waals surface area contributed by atoms with Gasteiger partial charge in [-0.15, -0.1) is 0 Å². The predicted octanol–water partition coefficient (Wildman–Crippen LogP) is 2.23. The number of aromatic nitrogens is 2. The lowest BCUT2D eigenvalue weighted by Crippen LogP contribution is -2.14. The number of rotatable bonds is 4. The molecule has 0 spiro atoms. The van der Waals surface area contributed by atoms with Crippen LogP contribution in [0.5, 0.6) is 0 Å². The first kappa shape index (κ1) is 10.2. The quantitative estimate of drug-likeness (QED) is 0.800. The number of hydrogen-bond acceptors (Lipinski definition) is 2. The largest absolute Gasteiger partial charge is 0.342 e. The number of para-hydroxylation sites is 2. The number of aromatic amines is 1. The molecular formula is C12H17N3. The van der Waals surface area contributed by atoms with Crippen LogP contribution in [0.4, 0.5) is 0 Å². The number of nitrogens with two attached hydrogens (primary N) is 1. The predicted molar refractivity (Wildman–Crippen MR) is 62.7 cm³/mol. The fraction of sp³-hybridized carbons (Fsp3) is 0.417. The maximum absolute atomic E-state index is 5.70. The number of benzene rings is 1. The van der Waals surface area contributed by atoms with Crippen molar-refractivity contribution in [2.45, 2.75) is 32.2 Å². The molecule has 0 radical (unpaired) electrons. The summed E-state index contributed by atoms with van der Waals surface area (Å²) in [6.45, 7) is 2.04. The Bertz CT molecular complexity index is 398. The molecule has 0 fully saturated rings. The third kappa shape index (κ3) is 2.57.